The van der Waals surface area contributed by atoms with Crippen LogP contribution in [0.25, 0.3) is 0 Å². The van der Waals surface area contributed by atoms with E-state index in [4.69, 9.17) is 0 Å². The lowest BCUT2D eigenvalue weighted by molar-refractivity contribution is -0.0666. The van der Waals surface area contributed by atoms with Crippen LogP contribution in [0.2, 0.25) is 0 Å². The number of halogens is 1. The summed E-state index contributed by atoms with van der Waals surface area (Å²) in [5, 5.41) is 10.1. The van der Waals surface area contributed by atoms with Gasteiger partial charge in [0.2, 0.25) is 0 Å². The standard InChI is InChI=1S/C12H15BrO/c1-9-6-12(14,7-9)8-10-4-2-3-5-11(10)13/h2-5,9,14H,6-8H2,1H3. The predicted molar refractivity (Wildman–Crippen MR) is 61.2 cm³/mol. The van der Waals surface area contributed by atoms with Crippen LogP contribution in [0.3, 0.4) is 0 Å². The number of benzene rings is 1. The van der Waals surface area contributed by atoms with Gasteiger partial charge in [-0.25, -0.2) is 0 Å². The summed E-state index contributed by atoms with van der Waals surface area (Å²) in [6.07, 6.45) is 2.65. The van der Waals surface area contributed by atoms with Crippen LogP contribution in [0.15, 0.2) is 28.7 Å². The molecular weight excluding hydrogens is 240 g/mol. The molecule has 0 spiro atoms. The molecule has 0 aliphatic heterocycles. The summed E-state index contributed by atoms with van der Waals surface area (Å²) in [6.45, 7) is 2.19. The van der Waals surface area contributed by atoms with E-state index in [9.17, 15) is 5.11 Å². The normalized spacial score (nSPS) is 31.2. The third kappa shape index (κ3) is 2.01. The Kier molecular flexibility index (Phi) is 2.67. The molecule has 1 saturated carbocycles. The van der Waals surface area contributed by atoms with Crippen molar-refractivity contribution in [1.29, 1.82) is 0 Å². The van der Waals surface area contributed by atoms with Gasteiger partial charge in [0.1, 0.15) is 0 Å². The van der Waals surface area contributed by atoms with Crippen LogP contribution >= 0.6 is 15.9 Å². The van der Waals surface area contributed by atoms with E-state index in [0.29, 0.717) is 5.92 Å². The number of hydrogen-bond donors (Lipinski definition) is 1. The molecule has 0 aromatic heterocycles. The van der Waals surface area contributed by atoms with Crippen molar-refractivity contribution in [2.24, 2.45) is 5.92 Å². The lowest BCUT2D eigenvalue weighted by Crippen LogP contribution is -2.44. The molecule has 0 bridgehead atoms. The molecule has 1 nitrogen and oxygen atoms in total. The van der Waals surface area contributed by atoms with Gasteiger partial charge in [-0.3, -0.25) is 0 Å². The minimum absolute atomic E-state index is 0.441. The second-order valence-corrected chi connectivity index (χ2v) is 5.36. The van der Waals surface area contributed by atoms with Crippen LogP contribution in [-0.4, -0.2) is 10.7 Å². The van der Waals surface area contributed by atoms with Gasteiger partial charge >= 0.3 is 0 Å². The summed E-state index contributed by atoms with van der Waals surface area (Å²) < 4.78 is 1.10. The van der Waals surface area contributed by atoms with E-state index >= 15 is 0 Å². The zero-order valence-electron chi connectivity index (χ0n) is 8.33. The van der Waals surface area contributed by atoms with E-state index in [0.717, 1.165) is 23.7 Å². The summed E-state index contributed by atoms with van der Waals surface area (Å²) in [7, 11) is 0. The van der Waals surface area contributed by atoms with Crippen LogP contribution in [-0.2, 0) is 6.42 Å². The predicted octanol–water partition coefficient (Wildman–Crippen LogP) is 3.15. The highest BCUT2D eigenvalue weighted by molar-refractivity contribution is 9.10. The van der Waals surface area contributed by atoms with E-state index in [1.54, 1.807) is 0 Å². The van der Waals surface area contributed by atoms with Crippen molar-refractivity contribution in [3.8, 4) is 0 Å². The molecule has 1 aliphatic rings. The van der Waals surface area contributed by atoms with Crippen LogP contribution in [0.5, 0.6) is 0 Å². The molecule has 1 fully saturated rings. The summed E-state index contributed by atoms with van der Waals surface area (Å²) in [4.78, 5) is 0. The van der Waals surface area contributed by atoms with Gasteiger partial charge in [-0.2, -0.15) is 0 Å². The SMILES string of the molecule is CC1CC(O)(Cc2ccccc2Br)C1. The zero-order valence-corrected chi connectivity index (χ0v) is 9.92. The van der Waals surface area contributed by atoms with Crippen molar-refractivity contribution in [1.82, 2.24) is 0 Å². The largest absolute Gasteiger partial charge is 0.390 e. The fourth-order valence-electron chi connectivity index (χ4n) is 2.38. The molecule has 1 aromatic rings. The van der Waals surface area contributed by atoms with Gasteiger partial charge in [0.15, 0.2) is 0 Å². The minimum atomic E-state index is -0.441. The van der Waals surface area contributed by atoms with Gasteiger partial charge in [0, 0.05) is 10.9 Å². The highest BCUT2D eigenvalue weighted by atomic mass is 79.9. The Labute approximate surface area is 93.3 Å². The lowest BCUT2D eigenvalue weighted by Gasteiger charge is -2.42. The van der Waals surface area contributed by atoms with Crippen LogP contribution in [0, 0.1) is 5.92 Å². The highest BCUT2D eigenvalue weighted by Crippen LogP contribution is 2.40. The first-order valence-corrected chi connectivity index (χ1v) is 5.84. The number of hydrogen-bond acceptors (Lipinski definition) is 1. The van der Waals surface area contributed by atoms with E-state index in [2.05, 4.69) is 28.9 Å². The molecule has 0 radical (unpaired) electrons. The van der Waals surface area contributed by atoms with Gasteiger partial charge in [-0.1, -0.05) is 41.1 Å². The van der Waals surface area contributed by atoms with Crippen LogP contribution in [0.1, 0.15) is 25.3 Å². The average molecular weight is 255 g/mol. The maximum absolute atomic E-state index is 10.1. The topological polar surface area (TPSA) is 20.2 Å². The van der Waals surface area contributed by atoms with Crippen molar-refractivity contribution in [2.75, 3.05) is 0 Å². The van der Waals surface area contributed by atoms with Crippen molar-refractivity contribution in [2.45, 2.75) is 31.8 Å². The summed E-state index contributed by atoms with van der Waals surface area (Å²) in [5.74, 6) is 0.683. The van der Waals surface area contributed by atoms with Crippen molar-refractivity contribution in [3.05, 3.63) is 34.3 Å². The Morgan fingerprint density at radius 2 is 2.07 bits per heavy atom. The van der Waals surface area contributed by atoms with Gasteiger partial charge in [0.25, 0.3) is 0 Å². The molecule has 0 amide bonds. The fourth-order valence-corrected chi connectivity index (χ4v) is 2.80. The molecule has 0 unspecified atom stereocenters. The quantitative estimate of drug-likeness (QED) is 0.860. The van der Waals surface area contributed by atoms with Gasteiger partial charge < -0.3 is 5.11 Å². The molecule has 1 N–H and O–H groups in total. The second-order valence-electron chi connectivity index (χ2n) is 4.51. The van der Waals surface area contributed by atoms with Crippen molar-refractivity contribution < 1.29 is 5.11 Å². The molecule has 0 atom stereocenters. The molecular formula is C12H15BrO. The van der Waals surface area contributed by atoms with Gasteiger partial charge in [-0.15, -0.1) is 0 Å². The van der Waals surface area contributed by atoms with Crippen molar-refractivity contribution >= 4 is 15.9 Å². The molecule has 0 saturated heterocycles. The fraction of sp³-hybridized carbons (Fsp3) is 0.500. The smallest absolute Gasteiger partial charge is 0.0693 e. The number of rotatable bonds is 2. The van der Waals surface area contributed by atoms with Crippen molar-refractivity contribution in [3.63, 3.8) is 0 Å². The first-order valence-electron chi connectivity index (χ1n) is 5.05. The van der Waals surface area contributed by atoms with E-state index < -0.39 is 5.60 Å². The molecule has 0 heterocycles. The zero-order chi connectivity index (χ0) is 10.2. The maximum atomic E-state index is 10.1. The maximum Gasteiger partial charge on any atom is 0.0693 e. The first kappa shape index (κ1) is 10.2. The van der Waals surface area contributed by atoms with E-state index in [1.165, 1.54) is 5.56 Å². The monoisotopic (exact) mass is 254 g/mol. The van der Waals surface area contributed by atoms with Crippen LogP contribution < -0.4 is 0 Å². The summed E-state index contributed by atoms with van der Waals surface area (Å²) >= 11 is 3.51. The van der Waals surface area contributed by atoms with E-state index in [-0.39, 0.29) is 0 Å². The van der Waals surface area contributed by atoms with Gasteiger partial charge in [0.05, 0.1) is 5.60 Å². The Hall–Kier alpha value is -0.340. The lowest BCUT2D eigenvalue weighted by atomic mass is 9.69. The molecule has 2 rings (SSSR count). The Balaban J connectivity index is 2.08. The Morgan fingerprint density at radius 3 is 2.64 bits per heavy atom. The molecule has 2 heteroatoms. The Bertz CT molecular complexity index is 329. The molecule has 76 valence electrons. The van der Waals surface area contributed by atoms with E-state index in [1.807, 2.05) is 18.2 Å². The van der Waals surface area contributed by atoms with Gasteiger partial charge in [-0.05, 0) is 30.4 Å². The third-order valence-electron chi connectivity index (χ3n) is 2.93. The summed E-state index contributed by atoms with van der Waals surface area (Å²) in [6, 6.07) is 8.12. The Morgan fingerprint density at radius 1 is 1.43 bits per heavy atom. The second kappa shape index (κ2) is 3.67. The average Bonchev–Trinajstić information content (AvgIpc) is 2.06. The van der Waals surface area contributed by atoms with Crippen LogP contribution in [0.4, 0.5) is 0 Å². The first-order chi connectivity index (χ1) is 6.59. The minimum Gasteiger partial charge on any atom is -0.390 e. The number of aliphatic hydroxyl groups is 1. The highest BCUT2D eigenvalue weighted by Gasteiger charge is 2.40. The third-order valence-corrected chi connectivity index (χ3v) is 3.71. The molecule has 1 aromatic carbocycles. The molecule has 14 heavy (non-hydrogen) atoms. The molecule has 1 aliphatic carbocycles. The summed E-state index contributed by atoms with van der Waals surface area (Å²) in [5.41, 5.74) is 0.769.